The molecule has 2 aromatic carbocycles. The fourth-order valence-electron chi connectivity index (χ4n) is 1.99. The summed E-state index contributed by atoms with van der Waals surface area (Å²) in [6.07, 6.45) is -5.10. The van der Waals surface area contributed by atoms with E-state index in [9.17, 15) is 33.4 Å². The predicted octanol–water partition coefficient (Wildman–Crippen LogP) is 6.33. The Morgan fingerprint density at radius 2 is 1.54 bits per heavy atom. The van der Waals surface area contributed by atoms with Crippen molar-refractivity contribution in [1.82, 2.24) is 0 Å². The topological polar surface area (TPSA) is 98.3 Å². The minimum atomic E-state index is -5.10. The normalized spacial score (nSPS) is 11.3. The van der Waals surface area contributed by atoms with E-state index in [4.69, 9.17) is 23.2 Å². The van der Waals surface area contributed by atoms with Crippen molar-refractivity contribution in [3.05, 3.63) is 64.6 Å². The van der Waals surface area contributed by atoms with Crippen molar-refractivity contribution in [2.45, 2.75) is 6.18 Å². The summed E-state index contributed by atoms with van der Waals surface area (Å²) in [7, 11) is 0. The maximum Gasteiger partial charge on any atom is 0.418 e. The van der Waals surface area contributed by atoms with Gasteiger partial charge < -0.3 is 5.32 Å². The molecule has 138 valence electrons. The van der Waals surface area contributed by atoms with Crippen LogP contribution in [0.2, 0.25) is 10.0 Å². The zero-order valence-electron chi connectivity index (χ0n) is 12.1. The summed E-state index contributed by atoms with van der Waals surface area (Å²) in [6, 6.07) is 3.00. The van der Waals surface area contributed by atoms with Crippen LogP contribution in [0, 0.1) is 20.2 Å². The van der Waals surface area contributed by atoms with Gasteiger partial charge in [-0.1, -0.05) is 23.2 Å². The number of nitrogens with zero attached hydrogens (tertiary/aromatic N) is 2. The Balaban J connectivity index is 2.73. The quantitative estimate of drug-likeness (QED) is 0.317. The van der Waals surface area contributed by atoms with Crippen molar-refractivity contribution in [2.24, 2.45) is 0 Å². The minimum Gasteiger partial charge on any atom is -0.349 e. The largest absolute Gasteiger partial charge is 0.418 e. The summed E-state index contributed by atoms with van der Waals surface area (Å²) < 4.78 is 40.2. The van der Waals surface area contributed by atoms with Crippen LogP contribution in [0.15, 0.2) is 28.7 Å². The average molecular weight is 475 g/mol. The van der Waals surface area contributed by atoms with E-state index in [1.165, 1.54) is 12.1 Å². The number of rotatable bonds is 4. The molecule has 0 spiro atoms. The van der Waals surface area contributed by atoms with E-state index < -0.39 is 38.6 Å². The van der Waals surface area contributed by atoms with Crippen LogP contribution >= 0.6 is 39.1 Å². The molecule has 13 heteroatoms. The van der Waals surface area contributed by atoms with E-state index in [1.54, 1.807) is 0 Å². The van der Waals surface area contributed by atoms with E-state index >= 15 is 0 Å². The standard InChI is InChI=1S/C13H5BrCl2F3N3O4/c14-11-8(15)1-5(2-9(11)16)20-12-7(13(17,18)19)3-6(21(23)24)4-10(12)22(25)26/h1-4,20H. The molecule has 0 aromatic heterocycles. The highest BCUT2D eigenvalue weighted by Crippen LogP contribution is 2.44. The van der Waals surface area contributed by atoms with Crippen LogP contribution in [0.1, 0.15) is 5.56 Å². The SMILES string of the molecule is O=[N+]([O-])c1cc([N+](=O)[O-])c(Nc2cc(Cl)c(Br)c(Cl)c2)c(C(F)(F)F)c1. The smallest absolute Gasteiger partial charge is 0.349 e. The number of benzene rings is 2. The Bertz CT molecular complexity index is 901. The number of halogens is 6. The third-order valence-corrected chi connectivity index (χ3v) is 4.98. The Morgan fingerprint density at radius 3 is 1.96 bits per heavy atom. The fourth-order valence-corrected chi connectivity index (χ4v) is 2.70. The van der Waals surface area contributed by atoms with E-state index in [1.807, 2.05) is 0 Å². The number of anilines is 2. The predicted molar refractivity (Wildman–Crippen MR) is 92.2 cm³/mol. The van der Waals surface area contributed by atoms with E-state index in [2.05, 4.69) is 21.2 Å². The Hall–Kier alpha value is -2.11. The molecule has 0 atom stereocenters. The summed E-state index contributed by atoms with van der Waals surface area (Å²) in [5, 5.41) is 24.3. The first-order valence-electron chi connectivity index (χ1n) is 6.37. The first-order valence-corrected chi connectivity index (χ1v) is 7.92. The molecule has 0 aliphatic carbocycles. The molecule has 0 saturated carbocycles. The molecule has 0 aliphatic heterocycles. The number of nitro groups is 2. The van der Waals surface area contributed by atoms with Crippen LogP contribution < -0.4 is 5.32 Å². The van der Waals surface area contributed by atoms with Crippen LogP contribution in [0.4, 0.5) is 35.9 Å². The van der Waals surface area contributed by atoms with Crippen LogP contribution in [0.25, 0.3) is 0 Å². The van der Waals surface area contributed by atoms with Gasteiger partial charge in [0.2, 0.25) is 0 Å². The highest BCUT2D eigenvalue weighted by Gasteiger charge is 2.39. The zero-order chi connectivity index (χ0) is 19.8. The number of nitrogens with one attached hydrogen (secondary N) is 1. The minimum absolute atomic E-state index is 0.0399. The van der Waals surface area contributed by atoms with E-state index in [-0.39, 0.29) is 26.3 Å². The highest BCUT2D eigenvalue weighted by molar-refractivity contribution is 9.10. The summed E-state index contributed by atoms with van der Waals surface area (Å²) in [5.41, 5.74) is -4.81. The number of hydrogen-bond acceptors (Lipinski definition) is 5. The van der Waals surface area contributed by atoms with Crippen LogP contribution in [0.5, 0.6) is 0 Å². The number of alkyl halides is 3. The third kappa shape index (κ3) is 4.17. The number of hydrogen-bond donors (Lipinski definition) is 1. The van der Waals surface area contributed by atoms with Gasteiger partial charge in [-0.3, -0.25) is 20.2 Å². The van der Waals surface area contributed by atoms with Crippen molar-refractivity contribution in [3.63, 3.8) is 0 Å². The molecule has 0 fully saturated rings. The molecule has 26 heavy (non-hydrogen) atoms. The fraction of sp³-hybridized carbons (Fsp3) is 0.0769. The summed E-state index contributed by atoms with van der Waals surface area (Å²) >= 11 is 14.8. The molecule has 2 aromatic rings. The molecule has 1 N–H and O–H groups in total. The van der Waals surface area contributed by atoms with Crippen LogP contribution in [-0.2, 0) is 6.18 Å². The van der Waals surface area contributed by atoms with Gasteiger partial charge in [0.25, 0.3) is 11.4 Å². The van der Waals surface area contributed by atoms with E-state index in [0.717, 1.165) is 0 Å². The lowest BCUT2D eigenvalue weighted by atomic mass is 10.1. The number of non-ortho nitro benzene ring substituents is 1. The number of nitro benzene ring substituents is 2. The Kier molecular flexibility index (Phi) is 5.64. The lowest BCUT2D eigenvalue weighted by Crippen LogP contribution is -2.12. The Morgan fingerprint density at radius 1 is 1.00 bits per heavy atom. The van der Waals surface area contributed by atoms with Gasteiger partial charge in [-0.05, 0) is 28.1 Å². The van der Waals surface area contributed by atoms with Gasteiger partial charge in [0.15, 0.2) is 0 Å². The van der Waals surface area contributed by atoms with Crippen molar-refractivity contribution < 1.29 is 23.0 Å². The van der Waals surface area contributed by atoms with E-state index in [0.29, 0.717) is 6.07 Å². The van der Waals surface area contributed by atoms with Gasteiger partial charge in [-0.25, -0.2) is 0 Å². The van der Waals surface area contributed by atoms with Gasteiger partial charge in [0.1, 0.15) is 5.69 Å². The molecule has 0 heterocycles. The molecule has 0 saturated heterocycles. The van der Waals surface area contributed by atoms with Crippen molar-refractivity contribution in [1.29, 1.82) is 0 Å². The molecular formula is C13H5BrCl2F3N3O4. The maximum absolute atomic E-state index is 13.3. The van der Waals surface area contributed by atoms with Crippen molar-refractivity contribution in [2.75, 3.05) is 5.32 Å². The molecule has 7 nitrogen and oxygen atoms in total. The molecule has 0 radical (unpaired) electrons. The first-order chi connectivity index (χ1) is 11.9. The van der Waals surface area contributed by atoms with Gasteiger partial charge >= 0.3 is 6.18 Å². The lowest BCUT2D eigenvalue weighted by molar-refractivity contribution is -0.394. The molecule has 0 amide bonds. The first kappa shape index (κ1) is 20.2. The van der Waals surface area contributed by atoms with Crippen molar-refractivity contribution >= 4 is 61.9 Å². The van der Waals surface area contributed by atoms with Gasteiger partial charge in [-0.15, -0.1) is 0 Å². The molecule has 0 aliphatic rings. The second-order valence-corrected chi connectivity index (χ2v) is 6.39. The van der Waals surface area contributed by atoms with Gasteiger partial charge in [0.05, 0.1) is 36.0 Å². The van der Waals surface area contributed by atoms with Crippen LogP contribution in [0.3, 0.4) is 0 Å². The molecular weight excluding hydrogens is 470 g/mol. The van der Waals surface area contributed by atoms with Crippen LogP contribution in [-0.4, -0.2) is 9.85 Å². The third-order valence-electron chi connectivity index (χ3n) is 3.07. The summed E-state index contributed by atoms with van der Waals surface area (Å²) in [6.45, 7) is 0. The second kappa shape index (κ2) is 7.25. The second-order valence-electron chi connectivity index (χ2n) is 4.78. The monoisotopic (exact) mass is 473 g/mol. The molecule has 2 rings (SSSR count). The highest BCUT2D eigenvalue weighted by atomic mass is 79.9. The lowest BCUT2D eigenvalue weighted by Gasteiger charge is -2.15. The molecule has 0 unspecified atom stereocenters. The zero-order valence-corrected chi connectivity index (χ0v) is 15.2. The summed E-state index contributed by atoms with van der Waals surface area (Å²) in [5.74, 6) is 0. The van der Waals surface area contributed by atoms with Gasteiger partial charge in [0, 0.05) is 11.8 Å². The molecule has 0 bridgehead atoms. The van der Waals surface area contributed by atoms with Gasteiger partial charge in [-0.2, -0.15) is 13.2 Å². The average Bonchev–Trinajstić information content (AvgIpc) is 2.51. The maximum atomic E-state index is 13.3. The Labute approximate surface area is 161 Å². The van der Waals surface area contributed by atoms with Crippen molar-refractivity contribution in [3.8, 4) is 0 Å². The summed E-state index contributed by atoms with van der Waals surface area (Å²) in [4.78, 5) is 19.7.